The van der Waals surface area contributed by atoms with Gasteiger partial charge >= 0.3 is 71.8 Å². The van der Waals surface area contributed by atoms with E-state index in [-0.39, 0.29) is 5.78 Å². The average molecular weight is 189 g/mol. The van der Waals surface area contributed by atoms with Crippen molar-refractivity contribution in [1.82, 2.24) is 4.98 Å². The number of ketones is 1. The van der Waals surface area contributed by atoms with Gasteiger partial charge in [0.1, 0.15) is 0 Å². The molecule has 0 fully saturated rings. The standard InChI is InChI=1S/C9H10BNO.C2H6/c1-7(5-8(2)12)9-6-10-3-4-11-9;1-2/h3-6H,1-2H3;1-2H3. The Hall–Kier alpha value is -1.25. The predicted octanol–water partition coefficient (Wildman–Crippen LogP) is 2.44. The van der Waals surface area contributed by atoms with E-state index >= 15 is 0 Å². The van der Waals surface area contributed by atoms with Crippen LogP contribution >= 0.6 is 0 Å². The van der Waals surface area contributed by atoms with Gasteiger partial charge in [0.05, 0.1) is 0 Å². The zero-order chi connectivity index (χ0) is 11.0. The molecule has 14 heavy (non-hydrogen) atoms. The van der Waals surface area contributed by atoms with E-state index in [0.29, 0.717) is 0 Å². The number of allylic oxidation sites excluding steroid dienone is 2. The molecule has 3 heteroatoms. The molecule has 0 aliphatic carbocycles. The molecule has 1 aromatic heterocycles. The van der Waals surface area contributed by atoms with E-state index in [4.69, 9.17) is 0 Å². The topological polar surface area (TPSA) is 30.0 Å². The molecular formula is C11H16BNO. The van der Waals surface area contributed by atoms with E-state index in [2.05, 4.69) is 4.98 Å². The Morgan fingerprint density at radius 1 is 1.43 bits per heavy atom. The van der Waals surface area contributed by atoms with Gasteiger partial charge in [0, 0.05) is 0 Å². The third-order valence-electron chi connectivity index (χ3n) is 1.49. The third-order valence-corrected chi connectivity index (χ3v) is 1.49. The number of aromatic nitrogens is 1. The molecule has 0 saturated carbocycles. The summed E-state index contributed by atoms with van der Waals surface area (Å²) in [4.78, 5) is 14.8. The van der Waals surface area contributed by atoms with Crippen LogP contribution in [0.1, 0.15) is 33.4 Å². The first kappa shape index (κ1) is 12.8. The van der Waals surface area contributed by atoms with E-state index in [1.54, 1.807) is 12.3 Å². The molecule has 0 N–H and O–H groups in total. The normalized spacial score (nSPS) is 9.86. The molecule has 0 aliphatic heterocycles. The van der Waals surface area contributed by atoms with Crippen molar-refractivity contribution < 1.29 is 4.79 Å². The Morgan fingerprint density at radius 2 is 2.07 bits per heavy atom. The first-order valence-electron chi connectivity index (χ1n) is 4.80. The van der Waals surface area contributed by atoms with Crippen LogP contribution in [-0.2, 0) is 4.79 Å². The second-order valence-electron chi connectivity index (χ2n) is 2.65. The fourth-order valence-corrected chi connectivity index (χ4v) is 0.975. The molecule has 74 valence electrons. The first-order valence-corrected chi connectivity index (χ1v) is 4.80. The zero-order valence-corrected chi connectivity index (χ0v) is 9.24. The molecule has 0 saturated heterocycles. The van der Waals surface area contributed by atoms with E-state index in [9.17, 15) is 4.79 Å². The molecule has 0 bridgehead atoms. The Kier molecular flexibility index (Phi) is 6.55. The maximum absolute atomic E-state index is 10.7. The van der Waals surface area contributed by atoms with Crippen LogP contribution in [0.5, 0.6) is 0 Å². The van der Waals surface area contributed by atoms with Crippen LogP contribution < -0.4 is 0 Å². The Labute approximate surface area is 86.3 Å². The molecule has 0 aromatic carbocycles. The second-order valence-corrected chi connectivity index (χ2v) is 2.65. The van der Waals surface area contributed by atoms with Crippen molar-refractivity contribution in [2.45, 2.75) is 27.7 Å². The minimum atomic E-state index is 0.0538. The van der Waals surface area contributed by atoms with Gasteiger partial charge in [-0.05, 0) is 0 Å². The summed E-state index contributed by atoms with van der Waals surface area (Å²) in [6.07, 6.45) is 3.30. The summed E-state index contributed by atoms with van der Waals surface area (Å²) < 4.78 is 0. The fraction of sp³-hybridized carbons (Fsp3) is 0.364. The van der Waals surface area contributed by atoms with E-state index < -0.39 is 0 Å². The van der Waals surface area contributed by atoms with Crippen molar-refractivity contribution in [2.24, 2.45) is 0 Å². The van der Waals surface area contributed by atoms with Gasteiger partial charge in [0.25, 0.3) is 0 Å². The number of nitrogens with zero attached hydrogens (tertiary/aromatic N) is 1. The Bertz CT molecular complexity index is 306. The molecule has 1 rings (SSSR count). The molecule has 1 heterocycles. The van der Waals surface area contributed by atoms with Crippen LogP contribution in [0.25, 0.3) is 5.57 Å². The van der Waals surface area contributed by atoms with Crippen molar-refractivity contribution in [3.8, 4) is 0 Å². The van der Waals surface area contributed by atoms with Crippen LogP contribution in [0.3, 0.4) is 0 Å². The number of hydrogen-bond donors (Lipinski definition) is 0. The molecular weight excluding hydrogens is 173 g/mol. The molecule has 0 atom stereocenters. The van der Waals surface area contributed by atoms with Gasteiger partial charge in [0.2, 0.25) is 0 Å². The first-order chi connectivity index (χ1) is 6.70. The number of carbonyl (C=O) groups is 1. The van der Waals surface area contributed by atoms with Gasteiger partial charge in [-0.25, -0.2) is 0 Å². The van der Waals surface area contributed by atoms with Crippen molar-refractivity contribution >= 4 is 18.3 Å². The van der Waals surface area contributed by atoms with Crippen LogP contribution in [0.2, 0.25) is 0 Å². The second kappa shape index (κ2) is 7.19. The molecule has 0 radical (unpaired) electrons. The van der Waals surface area contributed by atoms with E-state index in [0.717, 1.165) is 11.3 Å². The summed E-state index contributed by atoms with van der Waals surface area (Å²) >= 11 is 0. The number of carbonyl (C=O) groups excluding carboxylic acids is 1. The molecule has 1 aromatic rings. The monoisotopic (exact) mass is 189 g/mol. The van der Waals surface area contributed by atoms with E-state index in [1.165, 1.54) is 6.92 Å². The molecule has 2 nitrogen and oxygen atoms in total. The Balaban J connectivity index is 0.000000791. The summed E-state index contributed by atoms with van der Waals surface area (Å²) in [7, 11) is 0. The van der Waals surface area contributed by atoms with Gasteiger partial charge in [-0.1, -0.05) is 13.8 Å². The summed E-state index contributed by atoms with van der Waals surface area (Å²) in [5, 5.41) is 0. The minimum absolute atomic E-state index is 0.0538. The quantitative estimate of drug-likeness (QED) is 0.668. The van der Waals surface area contributed by atoms with Crippen LogP contribution in [0.4, 0.5) is 0 Å². The Morgan fingerprint density at radius 3 is 2.50 bits per heavy atom. The van der Waals surface area contributed by atoms with Crippen LogP contribution in [-0.4, -0.2) is 17.7 Å². The van der Waals surface area contributed by atoms with Gasteiger partial charge in [0.15, 0.2) is 0 Å². The van der Waals surface area contributed by atoms with Gasteiger partial charge in [-0.3, -0.25) is 0 Å². The van der Waals surface area contributed by atoms with Crippen LogP contribution in [0.15, 0.2) is 24.2 Å². The van der Waals surface area contributed by atoms with Crippen molar-refractivity contribution in [2.75, 3.05) is 0 Å². The number of rotatable bonds is 2. The molecule has 0 aliphatic rings. The SMILES string of the molecule is CC.CC(=O)C=C(C)c1cbccn1. The summed E-state index contributed by atoms with van der Waals surface area (Å²) in [5.41, 5.74) is 1.76. The maximum atomic E-state index is 10.7. The van der Waals surface area contributed by atoms with Crippen molar-refractivity contribution in [3.63, 3.8) is 0 Å². The fourth-order valence-electron chi connectivity index (χ4n) is 0.975. The number of hydrogen-bond acceptors (Lipinski definition) is 2. The van der Waals surface area contributed by atoms with Gasteiger partial charge in [-0.2, -0.15) is 0 Å². The summed E-state index contributed by atoms with van der Waals surface area (Å²) in [5.74, 6) is 3.79. The van der Waals surface area contributed by atoms with Gasteiger partial charge < -0.3 is 0 Å². The van der Waals surface area contributed by atoms with Gasteiger partial charge in [-0.15, -0.1) is 0 Å². The zero-order valence-electron chi connectivity index (χ0n) is 9.24. The van der Waals surface area contributed by atoms with Crippen LogP contribution in [0, 0.1) is 0 Å². The van der Waals surface area contributed by atoms with Crippen molar-refractivity contribution in [3.05, 3.63) is 29.9 Å². The average Bonchev–Trinajstić information content (AvgIpc) is 2.21. The predicted molar refractivity (Wildman–Crippen MR) is 61.3 cm³/mol. The third kappa shape index (κ3) is 4.70. The molecule has 0 amide bonds. The van der Waals surface area contributed by atoms with Crippen molar-refractivity contribution in [1.29, 1.82) is 0 Å². The summed E-state index contributed by atoms with van der Waals surface area (Å²) in [6, 6.07) is 0. The molecule has 0 unspecified atom stereocenters. The summed E-state index contributed by atoms with van der Waals surface area (Å²) in [6.45, 7) is 9.32. The van der Waals surface area contributed by atoms with E-state index in [1.807, 2.05) is 39.6 Å². The molecule has 0 spiro atoms.